The van der Waals surface area contributed by atoms with Crippen molar-refractivity contribution in [2.45, 2.75) is 64.7 Å². The lowest BCUT2D eigenvalue weighted by Crippen LogP contribution is -2.59. The summed E-state index contributed by atoms with van der Waals surface area (Å²) in [7, 11) is 0. The summed E-state index contributed by atoms with van der Waals surface area (Å²) in [5, 5.41) is 9.86. The van der Waals surface area contributed by atoms with Gasteiger partial charge in [-0.1, -0.05) is 60.7 Å². The Kier molecular flexibility index (Phi) is 10.4. The molecule has 3 atom stereocenters. The van der Waals surface area contributed by atoms with Gasteiger partial charge < -0.3 is 25.1 Å². The van der Waals surface area contributed by atoms with E-state index in [4.69, 9.17) is 19.9 Å². The third kappa shape index (κ3) is 9.12. The highest BCUT2D eigenvalue weighted by atomic mass is 16.6. The topological polar surface area (TPSA) is 128 Å². The molecule has 3 N–H and O–H groups in total. The Morgan fingerprint density at radius 3 is 1.94 bits per heavy atom. The van der Waals surface area contributed by atoms with Gasteiger partial charge in [0.05, 0.1) is 25.9 Å². The lowest BCUT2D eigenvalue weighted by molar-refractivity contribution is -0.154. The van der Waals surface area contributed by atoms with Crippen LogP contribution in [0.2, 0.25) is 0 Å². The lowest BCUT2D eigenvalue weighted by Gasteiger charge is -2.32. The van der Waals surface area contributed by atoms with E-state index < -0.39 is 48.4 Å². The van der Waals surface area contributed by atoms with Crippen molar-refractivity contribution in [1.82, 2.24) is 4.90 Å². The normalized spacial score (nSPS) is 14.0. The maximum absolute atomic E-state index is 13.3. The summed E-state index contributed by atoms with van der Waals surface area (Å²) in [6, 6.07) is 15.4. The van der Waals surface area contributed by atoms with E-state index in [1.165, 1.54) is 0 Å². The number of benzene rings is 2. The highest BCUT2D eigenvalue weighted by Crippen LogP contribution is 2.16. The predicted molar refractivity (Wildman–Crippen MR) is 129 cm³/mol. The van der Waals surface area contributed by atoms with Crippen LogP contribution in [0.15, 0.2) is 60.7 Å². The summed E-state index contributed by atoms with van der Waals surface area (Å²) in [6.07, 6.45) is -1.93. The van der Waals surface area contributed by atoms with Gasteiger partial charge in [0, 0.05) is 0 Å². The number of amides is 2. The molecule has 9 nitrogen and oxygen atoms in total. The summed E-state index contributed by atoms with van der Waals surface area (Å²) in [5.74, 6) is -2.36. The zero-order valence-electron chi connectivity index (χ0n) is 20.5. The minimum absolute atomic E-state index is 0.101. The van der Waals surface area contributed by atoms with Crippen molar-refractivity contribution in [2.24, 2.45) is 5.73 Å². The number of carboxylic acid groups (broad SMARTS) is 1. The molecular formula is C26H34N2O7. The van der Waals surface area contributed by atoms with Gasteiger partial charge in [0.2, 0.25) is 0 Å². The zero-order valence-corrected chi connectivity index (χ0v) is 20.5. The Bertz CT molecular complexity index is 961. The molecule has 0 saturated heterocycles. The molecule has 2 rings (SSSR count). The van der Waals surface area contributed by atoms with Crippen LogP contribution < -0.4 is 5.73 Å². The van der Waals surface area contributed by atoms with E-state index in [0.29, 0.717) is 4.90 Å². The number of nitrogens with zero attached hydrogens (tertiary/aromatic N) is 1. The number of ether oxygens (including phenoxy) is 3. The third-order valence-corrected chi connectivity index (χ3v) is 4.96. The number of carboxylic acids is 1. The van der Waals surface area contributed by atoms with Crippen molar-refractivity contribution in [3.63, 3.8) is 0 Å². The summed E-state index contributed by atoms with van der Waals surface area (Å²) < 4.78 is 16.6. The van der Waals surface area contributed by atoms with Gasteiger partial charge in [0.1, 0.15) is 11.6 Å². The SMILES string of the molecule is CC(OCc1ccccc1)[C@H](N)C(=O)N(C(=O)OC(C)(C)C)[C@@H](COCc1ccccc1)C(=O)O. The van der Waals surface area contributed by atoms with Gasteiger partial charge in [-0.25, -0.2) is 14.5 Å². The van der Waals surface area contributed by atoms with Gasteiger partial charge in [0.15, 0.2) is 6.04 Å². The van der Waals surface area contributed by atoms with Gasteiger partial charge in [-0.3, -0.25) is 4.79 Å². The molecule has 190 valence electrons. The molecule has 0 bridgehead atoms. The van der Waals surface area contributed by atoms with Crippen molar-refractivity contribution in [1.29, 1.82) is 0 Å². The molecule has 1 unspecified atom stereocenters. The first-order chi connectivity index (χ1) is 16.5. The number of imide groups is 1. The monoisotopic (exact) mass is 486 g/mol. The first-order valence-electron chi connectivity index (χ1n) is 11.3. The Morgan fingerprint density at radius 2 is 1.46 bits per heavy atom. The van der Waals surface area contributed by atoms with Gasteiger partial charge in [-0.15, -0.1) is 0 Å². The molecule has 0 spiro atoms. The Balaban J connectivity index is 2.18. The molecule has 0 saturated carbocycles. The van der Waals surface area contributed by atoms with Crippen LogP contribution in [-0.2, 0) is 37.0 Å². The summed E-state index contributed by atoms with van der Waals surface area (Å²) in [4.78, 5) is 38.9. The molecular weight excluding hydrogens is 452 g/mol. The Labute approximate surface area is 205 Å². The maximum Gasteiger partial charge on any atom is 0.417 e. The van der Waals surface area contributed by atoms with Crippen LogP contribution in [0.1, 0.15) is 38.8 Å². The second kappa shape index (κ2) is 13.0. The molecule has 2 amide bonds. The smallest absolute Gasteiger partial charge is 0.417 e. The molecule has 0 aromatic heterocycles. The summed E-state index contributed by atoms with van der Waals surface area (Å²) in [6.45, 7) is 6.27. The molecule has 2 aromatic carbocycles. The summed E-state index contributed by atoms with van der Waals surface area (Å²) in [5.41, 5.74) is 6.85. The predicted octanol–water partition coefficient (Wildman–Crippen LogP) is 3.35. The highest BCUT2D eigenvalue weighted by Gasteiger charge is 2.41. The van der Waals surface area contributed by atoms with Gasteiger partial charge in [-0.2, -0.15) is 0 Å². The van der Waals surface area contributed by atoms with Crippen LogP contribution in [0.3, 0.4) is 0 Å². The van der Waals surface area contributed by atoms with Gasteiger partial charge in [-0.05, 0) is 38.8 Å². The Morgan fingerprint density at radius 1 is 0.943 bits per heavy atom. The van der Waals surface area contributed by atoms with E-state index in [-0.39, 0.29) is 13.2 Å². The second-order valence-electron chi connectivity index (χ2n) is 9.07. The van der Waals surface area contributed by atoms with Crippen LogP contribution in [0.4, 0.5) is 4.79 Å². The van der Waals surface area contributed by atoms with Crippen molar-refractivity contribution < 1.29 is 33.7 Å². The fraction of sp³-hybridized carbons (Fsp3) is 0.423. The van der Waals surface area contributed by atoms with E-state index in [1.54, 1.807) is 27.7 Å². The average Bonchev–Trinajstić information content (AvgIpc) is 2.81. The maximum atomic E-state index is 13.3. The minimum atomic E-state index is -1.64. The van der Waals surface area contributed by atoms with Crippen molar-refractivity contribution in [3.8, 4) is 0 Å². The van der Waals surface area contributed by atoms with Crippen LogP contribution in [0, 0.1) is 0 Å². The first kappa shape index (κ1) is 28.0. The fourth-order valence-corrected chi connectivity index (χ4v) is 3.07. The van der Waals surface area contributed by atoms with Crippen LogP contribution in [0.25, 0.3) is 0 Å². The number of carbonyl (C=O) groups is 3. The van der Waals surface area contributed by atoms with E-state index in [0.717, 1.165) is 11.1 Å². The molecule has 2 aromatic rings. The van der Waals surface area contributed by atoms with Crippen LogP contribution in [-0.4, -0.2) is 58.4 Å². The minimum Gasteiger partial charge on any atom is -0.480 e. The standard InChI is InChI=1S/C26H34N2O7/c1-18(34-16-20-13-9-6-10-14-20)22(27)23(29)28(25(32)35-26(2,3)4)21(24(30)31)17-33-15-19-11-7-5-8-12-19/h5-14,18,21-22H,15-17,27H2,1-4H3,(H,30,31)/t18?,21-,22-/m0/s1. The van der Waals surface area contributed by atoms with Crippen LogP contribution >= 0.6 is 0 Å². The average molecular weight is 487 g/mol. The van der Waals surface area contributed by atoms with Crippen molar-refractivity contribution in [2.75, 3.05) is 6.61 Å². The van der Waals surface area contributed by atoms with E-state index in [1.807, 2.05) is 60.7 Å². The molecule has 0 heterocycles. The third-order valence-electron chi connectivity index (χ3n) is 4.96. The zero-order chi connectivity index (χ0) is 26.0. The molecule has 0 aliphatic heterocycles. The molecule has 0 fully saturated rings. The number of nitrogens with two attached hydrogens (primary N) is 1. The quantitative estimate of drug-likeness (QED) is 0.495. The molecule has 0 aliphatic rings. The van der Waals surface area contributed by atoms with Gasteiger partial charge >= 0.3 is 12.1 Å². The van der Waals surface area contributed by atoms with E-state index in [2.05, 4.69) is 0 Å². The molecule has 0 radical (unpaired) electrons. The van der Waals surface area contributed by atoms with Crippen molar-refractivity contribution >= 4 is 18.0 Å². The van der Waals surface area contributed by atoms with Gasteiger partial charge in [0.25, 0.3) is 5.91 Å². The lowest BCUT2D eigenvalue weighted by atomic mass is 10.1. The first-order valence-corrected chi connectivity index (χ1v) is 11.3. The van der Waals surface area contributed by atoms with Crippen LogP contribution in [0.5, 0.6) is 0 Å². The number of hydrogen-bond donors (Lipinski definition) is 2. The molecule has 0 aliphatic carbocycles. The number of rotatable bonds is 11. The second-order valence-corrected chi connectivity index (χ2v) is 9.07. The van der Waals surface area contributed by atoms with Crippen molar-refractivity contribution in [3.05, 3.63) is 71.8 Å². The van der Waals surface area contributed by atoms with E-state index in [9.17, 15) is 19.5 Å². The Hall–Kier alpha value is -3.27. The molecule has 9 heteroatoms. The fourth-order valence-electron chi connectivity index (χ4n) is 3.07. The number of carbonyl (C=O) groups excluding carboxylic acids is 2. The molecule has 35 heavy (non-hydrogen) atoms. The highest BCUT2D eigenvalue weighted by molar-refractivity contribution is 5.99. The number of hydrogen-bond acceptors (Lipinski definition) is 7. The summed E-state index contributed by atoms with van der Waals surface area (Å²) >= 11 is 0. The van der Waals surface area contributed by atoms with E-state index >= 15 is 0 Å². The largest absolute Gasteiger partial charge is 0.480 e. The number of aliphatic carboxylic acids is 1.